The minimum Gasteiger partial charge on any atom is -0.382 e. The molecular weight excluding hydrogens is 270 g/mol. The van der Waals surface area contributed by atoms with E-state index in [0.717, 1.165) is 12.5 Å². The Morgan fingerprint density at radius 3 is 2.67 bits per heavy atom. The normalized spacial score (nSPS) is 23.1. The zero-order valence-corrected chi connectivity index (χ0v) is 12.5. The number of nitrogens with zero attached hydrogens (tertiary/aromatic N) is 2. The number of nitrogens with two attached hydrogens (primary N) is 1. The Kier molecular flexibility index (Phi) is 3.55. The molecule has 0 spiro atoms. The van der Waals surface area contributed by atoms with E-state index in [0.29, 0.717) is 10.9 Å². The molecule has 1 heterocycles. The van der Waals surface area contributed by atoms with Gasteiger partial charge in [-0.05, 0) is 29.8 Å². The van der Waals surface area contributed by atoms with Gasteiger partial charge >= 0.3 is 0 Å². The third-order valence-corrected chi connectivity index (χ3v) is 6.37. The average Bonchev–Trinajstić information content (AvgIpc) is 2.84. The zero-order chi connectivity index (χ0) is 13.5. The van der Waals surface area contributed by atoms with Crippen molar-refractivity contribution >= 4 is 32.2 Å². The number of sulfone groups is 1. The summed E-state index contributed by atoms with van der Waals surface area (Å²) in [7, 11) is -1.40. The van der Waals surface area contributed by atoms with Crippen LogP contribution < -0.4 is 10.6 Å². The largest absolute Gasteiger partial charge is 0.382 e. The van der Waals surface area contributed by atoms with Crippen molar-refractivity contribution in [3.63, 3.8) is 0 Å². The minimum atomic E-state index is -3.31. The molecule has 18 heavy (non-hydrogen) atoms. The van der Waals surface area contributed by atoms with E-state index < -0.39 is 9.84 Å². The van der Waals surface area contributed by atoms with E-state index in [1.54, 1.807) is 6.92 Å². The molecule has 7 heteroatoms. The first kappa shape index (κ1) is 13.6. The molecule has 0 aromatic carbocycles. The Morgan fingerprint density at radius 2 is 2.17 bits per heavy atom. The van der Waals surface area contributed by atoms with Crippen LogP contribution >= 0.6 is 11.5 Å². The van der Waals surface area contributed by atoms with Gasteiger partial charge in [-0.3, -0.25) is 0 Å². The molecule has 1 fully saturated rings. The van der Waals surface area contributed by atoms with Gasteiger partial charge in [-0.25, -0.2) is 8.42 Å². The van der Waals surface area contributed by atoms with Crippen LogP contribution in [0.2, 0.25) is 0 Å². The Balaban J connectivity index is 2.28. The Morgan fingerprint density at radius 1 is 1.56 bits per heavy atom. The predicted molar refractivity (Wildman–Crippen MR) is 74.8 cm³/mol. The summed E-state index contributed by atoms with van der Waals surface area (Å²) in [4.78, 5) is 2.19. The van der Waals surface area contributed by atoms with Crippen molar-refractivity contribution in [2.24, 2.45) is 11.8 Å². The SMILES string of the molecule is CCS(=O)(=O)c1c(N)nsc1N(C)CC1CC1C. The summed E-state index contributed by atoms with van der Waals surface area (Å²) < 4.78 is 28.1. The fraction of sp³-hybridized carbons (Fsp3) is 0.727. The summed E-state index contributed by atoms with van der Waals surface area (Å²) in [6.45, 7) is 4.71. The van der Waals surface area contributed by atoms with E-state index in [1.165, 1.54) is 18.0 Å². The second-order valence-electron chi connectivity index (χ2n) is 4.96. The summed E-state index contributed by atoms with van der Waals surface area (Å²) in [6.07, 6.45) is 1.22. The van der Waals surface area contributed by atoms with Gasteiger partial charge in [0.25, 0.3) is 0 Å². The lowest BCUT2D eigenvalue weighted by Crippen LogP contribution is -2.22. The van der Waals surface area contributed by atoms with Gasteiger partial charge in [0.05, 0.1) is 5.75 Å². The van der Waals surface area contributed by atoms with Gasteiger partial charge in [0.2, 0.25) is 0 Å². The highest BCUT2D eigenvalue weighted by atomic mass is 32.2. The summed E-state index contributed by atoms with van der Waals surface area (Å²) in [6, 6.07) is 0. The molecular formula is C11H19N3O2S2. The van der Waals surface area contributed by atoms with Gasteiger partial charge in [0.1, 0.15) is 9.90 Å². The van der Waals surface area contributed by atoms with Crippen LogP contribution in [0.5, 0.6) is 0 Å². The maximum atomic E-state index is 12.0. The number of nitrogen functional groups attached to an aromatic ring is 1. The van der Waals surface area contributed by atoms with Gasteiger partial charge in [-0.1, -0.05) is 13.8 Å². The molecule has 0 amide bonds. The topological polar surface area (TPSA) is 76.3 Å². The number of hydrogen-bond donors (Lipinski definition) is 1. The van der Waals surface area contributed by atoms with Crippen LogP contribution in [0.3, 0.4) is 0 Å². The molecule has 2 N–H and O–H groups in total. The van der Waals surface area contributed by atoms with Crippen molar-refractivity contribution in [3.8, 4) is 0 Å². The molecule has 1 aliphatic carbocycles. The molecule has 0 aliphatic heterocycles. The lowest BCUT2D eigenvalue weighted by molar-refractivity contribution is 0.597. The molecule has 1 saturated carbocycles. The summed E-state index contributed by atoms with van der Waals surface area (Å²) in [5, 5.41) is 0.674. The fourth-order valence-electron chi connectivity index (χ4n) is 2.05. The van der Waals surface area contributed by atoms with Crippen molar-refractivity contribution in [2.75, 3.05) is 30.0 Å². The zero-order valence-electron chi connectivity index (χ0n) is 10.9. The van der Waals surface area contributed by atoms with Crippen LogP contribution in [0.15, 0.2) is 4.90 Å². The van der Waals surface area contributed by atoms with Crippen molar-refractivity contribution in [3.05, 3.63) is 0 Å². The van der Waals surface area contributed by atoms with E-state index in [-0.39, 0.29) is 16.5 Å². The van der Waals surface area contributed by atoms with Crippen LogP contribution in [0.4, 0.5) is 10.8 Å². The lowest BCUT2D eigenvalue weighted by atomic mass is 10.3. The quantitative estimate of drug-likeness (QED) is 0.891. The molecule has 2 rings (SSSR count). The van der Waals surface area contributed by atoms with Gasteiger partial charge in [-0.15, -0.1) is 0 Å². The van der Waals surface area contributed by atoms with Crippen molar-refractivity contribution < 1.29 is 8.42 Å². The number of aromatic nitrogens is 1. The molecule has 0 radical (unpaired) electrons. The second kappa shape index (κ2) is 4.70. The molecule has 102 valence electrons. The average molecular weight is 289 g/mol. The van der Waals surface area contributed by atoms with Crippen molar-refractivity contribution in [1.82, 2.24) is 4.37 Å². The highest BCUT2D eigenvalue weighted by molar-refractivity contribution is 7.91. The van der Waals surface area contributed by atoms with Crippen LogP contribution in [0.1, 0.15) is 20.3 Å². The monoisotopic (exact) mass is 289 g/mol. The van der Waals surface area contributed by atoms with E-state index >= 15 is 0 Å². The third kappa shape index (κ3) is 2.47. The maximum Gasteiger partial charge on any atom is 0.184 e. The fourth-order valence-corrected chi connectivity index (χ4v) is 4.36. The lowest BCUT2D eigenvalue weighted by Gasteiger charge is -2.18. The molecule has 0 bridgehead atoms. The van der Waals surface area contributed by atoms with Crippen LogP contribution in [-0.2, 0) is 9.84 Å². The first-order chi connectivity index (χ1) is 8.36. The maximum absolute atomic E-state index is 12.0. The van der Waals surface area contributed by atoms with Gasteiger partial charge in [0.15, 0.2) is 15.7 Å². The molecule has 2 unspecified atom stereocenters. The third-order valence-electron chi connectivity index (χ3n) is 3.48. The van der Waals surface area contributed by atoms with Gasteiger partial charge in [0, 0.05) is 13.6 Å². The van der Waals surface area contributed by atoms with Gasteiger partial charge < -0.3 is 10.6 Å². The minimum absolute atomic E-state index is 0.0519. The highest BCUT2D eigenvalue weighted by Gasteiger charge is 2.35. The highest BCUT2D eigenvalue weighted by Crippen LogP contribution is 2.41. The Hall–Kier alpha value is -0.820. The van der Waals surface area contributed by atoms with Crippen LogP contribution in [0, 0.1) is 11.8 Å². The first-order valence-corrected chi connectivity index (χ1v) is 8.48. The molecule has 5 nitrogen and oxygen atoms in total. The Labute approximate surface area is 112 Å². The van der Waals surface area contributed by atoms with E-state index in [2.05, 4.69) is 11.3 Å². The summed E-state index contributed by atoms with van der Waals surface area (Å²) in [5.74, 6) is 1.59. The molecule has 1 aromatic rings. The summed E-state index contributed by atoms with van der Waals surface area (Å²) >= 11 is 1.17. The first-order valence-electron chi connectivity index (χ1n) is 6.05. The smallest absolute Gasteiger partial charge is 0.184 e. The van der Waals surface area contributed by atoms with Crippen molar-refractivity contribution in [1.29, 1.82) is 0 Å². The molecule has 2 atom stereocenters. The number of rotatable bonds is 5. The second-order valence-corrected chi connectivity index (χ2v) is 7.93. The van der Waals surface area contributed by atoms with Gasteiger partial charge in [-0.2, -0.15) is 4.37 Å². The van der Waals surface area contributed by atoms with Crippen LogP contribution in [-0.4, -0.2) is 32.1 Å². The molecule has 0 saturated heterocycles. The Bertz CT molecular complexity index is 538. The standard InChI is InChI=1S/C11H19N3O2S2/c1-4-18(15,16)9-10(12)13-17-11(9)14(3)6-8-5-7(8)2/h7-8H,4-6H2,1-3H3,(H2,12,13). The molecule has 1 aromatic heterocycles. The summed E-state index contributed by atoms with van der Waals surface area (Å²) in [5.41, 5.74) is 5.71. The van der Waals surface area contributed by atoms with E-state index in [9.17, 15) is 8.42 Å². The van der Waals surface area contributed by atoms with E-state index in [1.807, 2.05) is 11.9 Å². The van der Waals surface area contributed by atoms with Crippen LogP contribution in [0.25, 0.3) is 0 Å². The molecule has 1 aliphatic rings. The number of anilines is 2. The number of hydrogen-bond acceptors (Lipinski definition) is 6. The van der Waals surface area contributed by atoms with Crippen molar-refractivity contribution in [2.45, 2.75) is 25.2 Å². The van der Waals surface area contributed by atoms with E-state index in [4.69, 9.17) is 5.73 Å². The predicted octanol–water partition coefficient (Wildman–Crippen LogP) is 1.61.